The van der Waals surface area contributed by atoms with Crippen LogP contribution in [0.2, 0.25) is 0 Å². The van der Waals surface area contributed by atoms with Crippen molar-refractivity contribution in [3.8, 4) is 0 Å². The first-order valence-corrected chi connectivity index (χ1v) is 29.7. The lowest BCUT2D eigenvalue weighted by molar-refractivity contribution is -0.167. The predicted octanol–water partition coefficient (Wildman–Crippen LogP) is 20.1. The van der Waals surface area contributed by atoms with E-state index in [9.17, 15) is 14.4 Å². The van der Waals surface area contributed by atoms with Crippen LogP contribution >= 0.6 is 0 Å². The minimum Gasteiger partial charge on any atom is -0.462 e. The molecule has 0 aliphatic carbocycles. The molecule has 0 spiro atoms. The van der Waals surface area contributed by atoms with Gasteiger partial charge in [-0.25, -0.2) is 0 Å². The number of rotatable bonds is 53. The van der Waals surface area contributed by atoms with E-state index in [2.05, 4.69) is 118 Å². The van der Waals surface area contributed by atoms with Crippen LogP contribution < -0.4 is 0 Å². The van der Waals surface area contributed by atoms with Crippen LogP contribution in [-0.4, -0.2) is 37.2 Å². The smallest absolute Gasteiger partial charge is 0.306 e. The zero-order valence-corrected chi connectivity index (χ0v) is 46.5. The highest BCUT2D eigenvalue weighted by atomic mass is 16.6. The summed E-state index contributed by atoms with van der Waals surface area (Å²) in [6.45, 7) is 6.45. The third kappa shape index (κ3) is 57.1. The van der Waals surface area contributed by atoms with E-state index < -0.39 is 6.10 Å². The molecule has 0 unspecified atom stereocenters. The summed E-state index contributed by atoms with van der Waals surface area (Å²) >= 11 is 0. The van der Waals surface area contributed by atoms with Crippen molar-refractivity contribution in [3.05, 3.63) is 97.2 Å². The lowest BCUT2D eigenvalue weighted by Gasteiger charge is -2.18. The van der Waals surface area contributed by atoms with Crippen molar-refractivity contribution in [3.63, 3.8) is 0 Å². The van der Waals surface area contributed by atoms with Crippen molar-refractivity contribution < 1.29 is 28.6 Å². The van der Waals surface area contributed by atoms with Gasteiger partial charge in [-0.05, 0) is 96.3 Å². The Bertz CT molecular complexity index is 1410. The normalized spacial score (nSPS) is 12.8. The van der Waals surface area contributed by atoms with Gasteiger partial charge in [0.1, 0.15) is 13.2 Å². The second kappa shape index (κ2) is 58.9. The minimum atomic E-state index is -0.810. The van der Waals surface area contributed by atoms with Gasteiger partial charge >= 0.3 is 17.9 Å². The van der Waals surface area contributed by atoms with Gasteiger partial charge in [-0.15, -0.1) is 0 Å². The van der Waals surface area contributed by atoms with Gasteiger partial charge in [-0.3, -0.25) is 14.4 Å². The van der Waals surface area contributed by atoms with Crippen molar-refractivity contribution in [2.75, 3.05) is 13.2 Å². The fourth-order valence-electron chi connectivity index (χ4n) is 8.13. The summed E-state index contributed by atoms with van der Waals surface area (Å²) < 4.78 is 16.8. The molecule has 0 saturated carbocycles. The molecule has 0 aromatic carbocycles. The molecule has 0 amide bonds. The van der Waals surface area contributed by atoms with Crippen molar-refractivity contribution in [1.29, 1.82) is 0 Å². The van der Waals surface area contributed by atoms with Crippen LogP contribution in [-0.2, 0) is 28.6 Å². The first kappa shape index (κ1) is 67.3. The molecule has 6 heteroatoms. The zero-order chi connectivity index (χ0) is 51.4. The van der Waals surface area contributed by atoms with Crippen LogP contribution in [0.4, 0.5) is 0 Å². The number of carbonyl (C=O) groups is 3. The van der Waals surface area contributed by atoms with Gasteiger partial charge in [0.15, 0.2) is 6.10 Å². The molecule has 0 bridgehead atoms. The predicted molar refractivity (Wildman–Crippen MR) is 307 cm³/mol. The maximum atomic E-state index is 12.9. The Morgan fingerprint density at radius 1 is 0.296 bits per heavy atom. The summed E-state index contributed by atoms with van der Waals surface area (Å²) in [5.41, 5.74) is 0. The van der Waals surface area contributed by atoms with Crippen LogP contribution in [0.5, 0.6) is 0 Å². The largest absolute Gasteiger partial charge is 0.462 e. The second-order valence-corrected chi connectivity index (χ2v) is 19.5. The van der Waals surface area contributed by atoms with Crippen LogP contribution in [0.1, 0.15) is 278 Å². The third-order valence-electron chi connectivity index (χ3n) is 12.6. The number of ether oxygens (including phenoxy) is 3. The molecule has 0 saturated heterocycles. The van der Waals surface area contributed by atoms with Crippen LogP contribution in [0.25, 0.3) is 0 Å². The molecule has 0 aromatic heterocycles. The zero-order valence-electron chi connectivity index (χ0n) is 46.5. The monoisotopic (exact) mass is 987 g/mol. The first-order valence-electron chi connectivity index (χ1n) is 29.7. The standard InChI is InChI=1S/C65H110O6/c1-4-7-10-13-16-19-22-25-28-31-32-35-38-41-44-47-50-53-56-59-65(68)71-62(60-69-63(66)57-54-51-48-45-42-39-36-33-29-26-23-20-17-14-11-8-5-2)61-70-64(67)58-55-52-49-46-43-40-37-34-30-27-24-21-18-15-12-9-6-3/h8,11,17-18,20-21,26-27,29-30,36-37,39-40,45,48,62H,4-7,9-10,12-16,19,22-25,28,31-35,38,41-44,46-47,49-61H2,1-3H3/b11-8-,20-17-,21-18-,29-26-,30-27-,39-36-,40-37-,48-45-/t62-/m1/s1. The van der Waals surface area contributed by atoms with Crippen molar-refractivity contribution >= 4 is 17.9 Å². The highest BCUT2D eigenvalue weighted by Gasteiger charge is 2.19. The Morgan fingerprint density at radius 2 is 0.563 bits per heavy atom. The van der Waals surface area contributed by atoms with Crippen LogP contribution in [0, 0.1) is 0 Å². The number of unbranched alkanes of at least 4 members (excludes halogenated alkanes) is 26. The van der Waals surface area contributed by atoms with Gasteiger partial charge in [0.05, 0.1) is 0 Å². The Labute approximate surface area is 438 Å². The SMILES string of the molecule is CC/C=C\C/C=C\C/C=C\C/C=C\C/C=C\CCCC(=O)OC[C@H](COC(=O)CCCCCC/C=C\C/C=C\C/C=C\CCCCC)OC(=O)CCCCCCCCCCCCCCCCCCCCC. The minimum absolute atomic E-state index is 0.106. The average Bonchev–Trinajstić information content (AvgIpc) is 3.37. The van der Waals surface area contributed by atoms with E-state index in [1.54, 1.807) is 0 Å². The Morgan fingerprint density at radius 3 is 0.944 bits per heavy atom. The Balaban J connectivity index is 4.49. The van der Waals surface area contributed by atoms with Gasteiger partial charge in [0.2, 0.25) is 0 Å². The van der Waals surface area contributed by atoms with Crippen molar-refractivity contribution in [2.45, 2.75) is 284 Å². The van der Waals surface area contributed by atoms with E-state index in [4.69, 9.17) is 14.2 Å². The van der Waals surface area contributed by atoms with E-state index in [0.29, 0.717) is 19.3 Å². The van der Waals surface area contributed by atoms with E-state index in [0.717, 1.165) is 103 Å². The highest BCUT2D eigenvalue weighted by molar-refractivity contribution is 5.71. The summed E-state index contributed by atoms with van der Waals surface area (Å²) in [6.07, 6.45) is 78.3. The quantitative estimate of drug-likeness (QED) is 0.0261. The number of carbonyl (C=O) groups excluding carboxylic acids is 3. The maximum Gasteiger partial charge on any atom is 0.306 e. The van der Waals surface area contributed by atoms with Crippen molar-refractivity contribution in [1.82, 2.24) is 0 Å². The lowest BCUT2D eigenvalue weighted by Crippen LogP contribution is -2.30. The Hall–Kier alpha value is -3.67. The van der Waals surface area contributed by atoms with Gasteiger partial charge in [-0.1, -0.05) is 259 Å². The molecule has 0 heterocycles. The molecule has 0 fully saturated rings. The van der Waals surface area contributed by atoms with E-state index >= 15 is 0 Å². The highest BCUT2D eigenvalue weighted by Crippen LogP contribution is 2.16. The van der Waals surface area contributed by atoms with Gasteiger partial charge < -0.3 is 14.2 Å². The molecular weight excluding hydrogens is 877 g/mol. The molecule has 6 nitrogen and oxygen atoms in total. The molecule has 0 N–H and O–H groups in total. The van der Waals surface area contributed by atoms with Gasteiger partial charge in [0.25, 0.3) is 0 Å². The summed E-state index contributed by atoms with van der Waals surface area (Å²) in [5.74, 6) is -0.977. The number of hydrogen-bond donors (Lipinski definition) is 0. The molecule has 0 aliphatic heterocycles. The van der Waals surface area contributed by atoms with E-state index in [1.165, 1.54) is 128 Å². The lowest BCUT2D eigenvalue weighted by atomic mass is 10.0. The van der Waals surface area contributed by atoms with Crippen LogP contribution in [0.3, 0.4) is 0 Å². The topological polar surface area (TPSA) is 78.9 Å². The summed E-state index contributed by atoms with van der Waals surface area (Å²) in [4.78, 5) is 38.2. The fraction of sp³-hybridized carbons (Fsp3) is 0.708. The van der Waals surface area contributed by atoms with E-state index in [-0.39, 0.29) is 37.5 Å². The molecule has 0 rings (SSSR count). The number of esters is 3. The van der Waals surface area contributed by atoms with Gasteiger partial charge in [-0.2, -0.15) is 0 Å². The average molecular weight is 988 g/mol. The fourth-order valence-corrected chi connectivity index (χ4v) is 8.13. The van der Waals surface area contributed by atoms with Gasteiger partial charge in [0, 0.05) is 19.3 Å². The third-order valence-corrected chi connectivity index (χ3v) is 12.6. The van der Waals surface area contributed by atoms with Crippen molar-refractivity contribution in [2.24, 2.45) is 0 Å². The number of hydrogen-bond acceptors (Lipinski definition) is 6. The maximum absolute atomic E-state index is 12.9. The summed E-state index contributed by atoms with van der Waals surface area (Å²) in [5, 5.41) is 0. The molecule has 71 heavy (non-hydrogen) atoms. The van der Waals surface area contributed by atoms with Crippen LogP contribution in [0.15, 0.2) is 97.2 Å². The molecule has 1 atom stereocenters. The molecular formula is C65H110O6. The second-order valence-electron chi connectivity index (χ2n) is 19.5. The number of allylic oxidation sites excluding steroid dienone is 16. The van der Waals surface area contributed by atoms with E-state index in [1.807, 2.05) is 0 Å². The summed E-state index contributed by atoms with van der Waals surface area (Å²) in [6, 6.07) is 0. The summed E-state index contributed by atoms with van der Waals surface area (Å²) in [7, 11) is 0. The first-order chi connectivity index (χ1) is 35.0. The molecule has 406 valence electrons. The molecule has 0 aliphatic rings. The molecule has 0 aromatic rings. The Kier molecular flexibility index (Phi) is 55.9. The molecule has 0 radical (unpaired) electrons.